The number of halogens is 2. The molecule has 150 valence electrons. The highest BCUT2D eigenvalue weighted by Crippen LogP contribution is 2.33. The summed E-state index contributed by atoms with van der Waals surface area (Å²) in [5.41, 5.74) is 1.44. The van der Waals surface area contributed by atoms with E-state index in [-0.39, 0.29) is 11.7 Å². The highest BCUT2D eigenvalue weighted by atomic mass is 35.5. The molecule has 2 aromatic heterocycles. The van der Waals surface area contributed by atoms with Crippen LogP contribution in [-0.4, -0.2) is 26.3 Å². The summed E-state index contributed by atoms with van der Waals surface area (Å²) in [5.74, 6) is -0.0824. The molecule has 1 unspecified atom stereocenters. The molecule has 0 radical (unpaired) electrons. The first-order valence-electron chi connectivity index (χ1n) is 9.12. The van der Waals surface area contributed by atoms with Gasteiger partial charge in [0.15, 0.2) is 0 Å². The van der Waals surface area contributed by atoms with Crippen LogP contribution in [0.4, 0.5) is 10.2 Å². The minimum absolute atomic E-state index is 0.205. The van der Waals surface area contributed by atoms with Crippen molar-refractivity contribution < 1.29 is 9.18 Å². The second kappa shape index (κ2) is 8.77. The van der Waals surface area contributed by atoms with E-state index >= 15 is 0 Å². The first-order valence-corrected chi connectivity index (χ1v) is 10.4. The van der Waals surface area contributed by atoms with Crippen LogP contribution < -0.4 is 5.32 Å². The van der Waals surface area contributed by atoms with E-state index in [1.807, 2.05) is 24.3 Å². The first-order chi connectivity index (χ1) is 14.5. The zero-order valence-electron chi connectivity index (χ0n) is 15.8. The Morgan fingerprint density at radius 3 is 2.47 bits per heavy atom. The van der Waals surface area contributed by atoms with E-state index in [1.54, 1.807) is 31.2 Å². The van der Waals surface area contributed by atoms with Gasteiger partial charge in [0.2, 0.25) is 5.91 Å². The Hall–Kier alpha value is -3.03. The second-order valence-electron chi connectivity index (χ2n) is 6.52. The van der Waals surface area contributed by atoms with E-state index in [9.17, 15) is 9.18 Å². The third-order valence-corrected chi connectivity index (χ3v) is 5.72. The van der Waals surface area contributed by atoms with Gasteiger partial charge in [-0.05, 0) is 43.3 Å². The molecule has 2 heterocycles. The summed E-state index contributed by atoms with van der Waals surface area (Å²) >= 11 is 7.14. The number of aromatic nitrogens is 3. The maximum absolute atomic E-state index is 13.3. The molecule has 4 rings (SSSR count). The zero-order chi connectivity index (χ0) is 21.1. The normalized spacial score (nSPS) is 12.0. The van der Waals surface area contributed by atoms with E-state index in [4.69, 9.17) is 11.6 Å². The number of pyridine rings is 1. The van der Waals surface area contributed by atoms with E-state index in [1.165, 1.54) is 30.1 Å². The highest BCUT2D eigenvalue weighted by molar-refractivity contribution is 8.00. The van der Waals surface area contributed by atoms with Crippen LogP contribution in [-0.2, 0) is 4.79 Å². The van der Waals surface area contributed by atoms with Crippen molar-refractivity contribution in [2.24, 2.45) is 0 Å². The SMILES string of the molecule is CC(Sc1nnc(-c2ccc(F)cc2)c2ccccc12)C(=O)Nc1ccc(Cl)cn1. The summed E-state index contributed by atoms with van der Waals surface area (Å²) in [6.07, 6.45) is 1.47. The number of amides is 1. The van der Waals surface area contributed by atoms with Gasteiger partial charge in [-0.2, -0.15) is 0 Å². The lowest BCUT2D eigenvalue weighted by molar-refractivity contribution is -0.115. The molecule has 0 aliphatic heterocycles. The van der Waals surface area contributed by atoms with Gasteiger partial charge in [-0.15, -0.1) is 10.2 Å². The molecule has 1 N–H and O–H groups in total. The number of thioether (sulfide) groups is 1. The van der Waals surface area contributed by atoms with Crippen molar-refractivity contribution >= 4 is 45.9 Å². The number of carbonyl (C=O) groups is 1. The maximum atomic E-state index is 13.3. The van der Waals surface area contributed by atoms with Crippen molar-refractivity contribution in [1.29, 1.82) is 0 Å². The Labute approximate surface area is 181 Å². The predicted octanol–water partition coefficient (Wildman–Crippen LogP) is 5.60. The lowest BCUT2D eigenvalue weighted by atomic mass is 10.1. The highest BCUT2D eigenvalue weighted by Gasteiger charge is 2.19. The predicted molar refractivity (Wildman–Crippen MR) is 118 cm³/mol. The average Bonchev–Trinajstić information content (AvgIpc) is 2.76. The fourth-order valence-corrected chi connectivity index (χ4v) is 3.89. The van der Waals surface area contributed by atoms with Gasteiger partial charge in [0.25, 0.3) is 0 Å². The molecular weight excluding hydrogens is 423 g/mol. The molecule has 30 heavy (non-hydrogen) atoms. The summed E-state index contributed by atoms with van der Waals surface area (Å²) in [6, 6.07) is 17.1. The molecule has 8 heteroatoms. The number of nitrogens with zero attached hydrogens (tertiary/aromatic N) is 3. The Morgan fingerprint density at radius 1 is 1.03 bits per heavy atom. The number of nitrogens with one attached hydrogen (secondary N) is 1. The van der Waals surface area contributed by atoms with Crippen LogP contribution in [0.5, 0.6) is 0 Å². The number of hydrogen-bond acceptors (Lipinski definition) is 5. The van der Waals surface area contributed by atoms with E-state index in [2.05, 4.69) is 20.5 Å². The van der Waals surface area contributed by atoms with Crippen LogP contribution in [0.15, 0.2) is 71.9 Å². The van der Waals surface area contributed by atoms with Crippen LogP contribution in [0, 0.1) is 5.82 Å². The molecule has 0 aliphatic carbocycles. The standard InChI is InChI=1S/C22H16ClFN4OS/c1-13(21(29)26-19-11-8-15(23)12-25-19)30-22-18-5-3-2-4-17(18)20(27-28-22)14-6-9-16(24)10-7-14/h2-13H,1H3,(H,25,26,29). The van der Waals surface area contributed by atoms with Crippen molar-refractivity contribution in [2.45, 2.75) is 17.2 Å². The lowest BCUT2D eigenvalue weighted by Gasteiger charge is -2.13. The number of rotatable bonds is 5. The largest absolute Gasteiger partial charge is 0.310 e. The second-order valence-corrected chi connectivity index (χ2v) is 8.28. The number of hydrogen-bond donors (Lipinski definition) is 1. The minimum atomic E-state index is -0.433. The Kier molecular flexibility index (Phi) is 5.92. The Bertz CT molecular complexity index is 1200. The van der Waals surface area contributed by atoms with Crippen molar-refractivity contribution in [3.05, 3.63) is 77.7 Å². The van der Waals surface area contributed by atoms with Crippen molar-refractivity contribution in [3.8, 4) is 11.3 Å². The maximum Gasteiger partial charge on any atom is 0.238 e. The van der Waals surface area contributed by atoms with Crippen LogP contribution in [0.3, 0.4) is 0 Å². The Morgan fingerprint density at radius 2 is 1.77 bits per heavy atom. The number of benzene rings is 2. The molecule has 0 saturated carbocycles. The molecule has 0 aliphatic rings. The molecule has 5 nitrogen and oxygen atoms in total. The van der Waals surface area contributed by atoms with Gasteiger partial charge in [-0.1, -0.05) is 47.6 Å². The van der Waals surface area contributed by atoms with Gasteiger partial charge in [0.05, 0.1) is 10.3 Å². The fraction of sp³-hybridized carbons (Fsp3) is 0.0909. The summed E-state index contributed by atoms with van der Waals surface area (Å²) in [7, 11) is 0. The molecule has 1 amide bonds. The third-order valence-electron chi connectivity index (χ3n) is 4.41. The van der Waals surface area contributed by atoms with Gasteiger partial charge in [0.1, 0.15) is 22.4 Å². The monoisotopic (exact) mass is 438 g/mol. The molecule has 0 fully saturated rings. The zero-order valence-corrected chi connectivity index (χ0v) is 17.4. The quantitative estimate of drug-likeness (QED) is 0.410. The molecule has 2 aromatic carbocycles. The minimum Gasteiger partial charge on any atom is -0.310 e. The van der Waals surface area contributed by atoms with Gasteiger partial charge in [-0.25, -0.2) is 9.37 Å². The van der Waals surface area contributed by atoms with Crippen LogP contribution in [0.25, 0.3) is 22.0 Å². The Balaban J connectivity index is 1.60. The van der Waals surface area contributed by atoms with E-state index < -0.39 is 5.25 Å². The summed E-state index contributed by atoms with van der Waals surface area (Å²) in [5, 5.41) is 13.9. The van der Waals surface area contributed by atoms with Gasteiger partial charge in [0, 0.05) is 22.5 Å². The summed E-state index contributed by atoms with van der Waals surface area (Å²) < 4.78 is 13.3. The average molecular weight is 439 g/mol. The topological polar surface area (TPSA) is 67.8 Å². The van der Waals surface area contributed by atoms with Crippen molar-refractivity contribution in [2.75, 3.05) is 5.32 Å². The number of anilines is 1. The van der Waals surface area contributed by atoms with Crippen LogP contribution in [0.2, 0.25) is 5.02 Å². The molecule has 0 bridgehead atoms. The van der Waals surface area contributed by atoms with Crippen LogP contribution >= 0.6 is 23.4 Å². The fourth-order valence-electron chi connectivity index (χ4n) is 2.89. The molecule has 1 atom stereocenters. The molecule has 0 saturated heterocycles. The summed E-state index contributed by atoms with van der Waals surface area (Å²) in [6.45, 7) is 1.79. The smallest absolute Gasteiger partial charge is 0.238 e. The van der Waals surface area contributed by atoms with Crippen molar-refractivity contribution in [1.82, 2.24) is 15.2 Å². The van der Waals surface area contributed by atoms with E-state index in [0.717, 1.165) is 16.3 Å². The number of fused-ring (bicyclic) bond motifs is 1. The third kappa shape index (κ3) is 4.42. The van der Waals surface area contributed by atoms with E-state index in [0.29, 0.717) is 21.6 Å². The summed E-state index contributed by atoms with van der Waals surface area (Å²) in [4.78, 5) is 16.7. The number of carbonyl (C=O) groups excluding carboxylic acids is 1. The molecule has 4 aromatic rings. The van der Waals surface area contributed by atoms with Crippen LogP contribution in [0.1, 0.15) is 6.92 Å². The molecular formula is C22H16ClFN4OS. The first kappa shape index (κ1) is 20.3. The van der Waals surface area contributed by atoms with Crippen molar-refractivity contribution in [3.63, 3.8) is 0 Å². The van der Waals surface area contributed by atoms with Gasteiger partial charge < -0.3 is 5.32 Å². The van der Waals surface area contributed by atoms with Gasteiger partial charge >= 0.3 is 0 Å². The van der Waals surface area contributed by atoms with Gasteiger partial charge in [-0.3, -0.25) is 4.79 Å². The lowest BCUT2D eigenvalue weighted by Crippen LogP contribution is -2.23. The molecule has 0 spiro atoms.